The molecule has 0 radical (unpaired) electrons. The molecular weight excluding hydrogens is 200 g/mol. The molecule has 0 saturated carbocycles. The molecule has 2 atom stereocenters. The van der Waals surface area contributed by atoms with Gasteiger partial charge in [-0.1, -0.05) is 32.3 Å². The van der Waals surface area contributed by atoms with Crippen LogP contribution in [-0.4, -0.2) is 25.4 Å². The number of hydrogen-bond acceptors (Lipinski definition) is 2. The standard InChI is InChI=1S/C14H26O2/c1-3-5-7-8-13-12-14(9-11-16-13)15-10-6-4-2/h4,13-14H,2-3,5-12H2,1H3. The zero-order valence-electron chi connectivity index (χ0n) is 10.6. The van der Waals surface area contributed by atoms with Gasteiger partial charge in [0.2, 0.25) is 0 Å². The van der Waals surface area contributed by atoms with Crippen LogP contribution in [-0.2, 0) is 9.47 Å². The largest absolute Gasteiger partial charge is 0.378 e. The van der Waals surface area contributed by atoms with Crippen molar-refractivity contribution in [1.29, 1.82) is 0 Å². The minimum Gasteiger partial charge on any atom is -0.378 e. The highest BCUT2D eigenvalue weighted by Crippen LogP contribution is 2.21. The average Bonchev–Trinajstić information content (AvgIpc) is 2.30. The average molecular weight is 226 g/mol. The third kappa shape index (κ3) is 5.66. The van der Waals surface area contributed by atoms with E-state index in [1.54, 1.807) is 0 Å². The highest BCUT2D eigenvalue weighted by molar-refractivity contribution is 4.73. The lowest BCUT2D eigenvalue weighted by atomic mass is 10.0. The molecular formula is C14H26O2. The van der Waals surface area contributed by atoms with E-state index < -0.39 is 0 Å². The summed E-state index contributed by atoms with van der Waals surface area (Å²) in [7, 11) is 0. The van der Waals surface area contributed by atoms with Crippen LogP contribution in [0.25, 0.3) is 0 Å². The Morgan fingerprint density at radius 2 is 2.31 bits per heavy atom. The van der Waals surface area contributed by atoms with E-state index in [4.69, 9.17) is 9.47 Å². The molecule has 16 heavy (non-hydrogen) atoms. The summed E-state index contributed by atoms with van der Waals surface area (Å²) in [6, 6.07) is 0. The van der Waals surface area contributed by atoms with Gasteiger partial charge >= 0.3 is 0 Å². The van der Waals surface area contributed by atoms with Gasteiger partial charge in [-0.2, -0.15) is 0 Å². The van der Waals surface area contributed by atoms with Crippen molar-refractivity contribution >= 4 is 0 Å². The smallest absolute Gasteiger partial charge is 0.0621 e. The Bertz CT molecular complexity index is 180. The first-order valence-corrected chi connectivity index (χ1v) is 6.71. The Morgan fingerprint density at radius 1 is 1.44 bits per heavy atom. The predicted molar refractivity (Wildman–Crippen MR) is 67.7 cm³/mol. The summed E-state index contributed by atoms with van der Waals surface area (Å²) in [6.07, 6.45) is 11.0. The Labute approximate surface area is 100 Å². The van der Waals surface area contributed by atoms with E-state index in [1.807, 2.05) is 6.08 Å². The fraction of sp³-hybridized carbons (Fsp3) is 0.857. The highest BCUT2D eigenvalue weighted by atomic mass is 16.5. The third-order valence-electron chi connectivity index (χ3n) is 3.12. The summed E-state index contributed by atoms with van der Waals surface area (Å²) in [4.78, 5) is 0. The molecule has 1 heterocycles. The topological polar surface area (TPSA) is 18.5 Å². The van der Waals surface area contributed by atoms with Crippen molar-refractivity contribution in [2.75, 3.05) is 13.2 Å². The quantitative estimate of drug-likeness (QED) is 0.464. The summed E-state index contributed by atoms with van der Waals surface area (Å²) in [6.45, 7) is 7.63. The van der Waals surface area contributed by atoms with Crippen LogP contribution in [0.2, 0.25) is 0 Å². The lowest BCUT2D eigenvalue weighted by Crippen LogP contribution is -2.31. The van der Waals surface area contributed by atoms with Gasteiger partial charge < -0.3 is 9.47 Å². The molecule has 0 N–H and O–H groups in total. The van der Waals surface area contributed by atoms with Crippen LogP contribution in [0.1, 0.15) is 51.9 Å². The van der Waals surface area contributed by atoms with Gasteiger partial charge in [0, 0.05) is 6.61 Å². The minimum atomic E-state index is 0.417. The van der Waals surface area contributed by atoms with Crippen LogP contribution in [0.3, 0.4) is 0 Å². The second-order valence-electron chi connectivity index (χ2n) is 4.58. The molecule has 94 valence electrons. The minimum absolute atomic E-state index is 0.417. The first kappa shape index (κ1) is 13.7. The number of unbranched alkanes of at least 4 members (excludes halogenated alkanes) is 2. The summed E-state index contributed by atoms with van der Waals surface area (Å²) in [5.74, 6) is 0. The fourth-order valence-electron chi connectivity index (χ4n) is 2.14. The lowest BCUT2D eigenvalue weighted by molar-refractivity contribution is -0.0742. The molecule has 1 rings (SSSR count). The van der Waals surface area contributed by atoms with E-state index in [1.165, 1.54) is 25.7 Å². The van der Waals surface area contributed by atoms with Crippen molar-refractivity contribution in [2.45, 2.75) is 64.1 Å². The molecule has 1 aliphatic heterocycles. The third-order valence-corrected chi connectivity index (χ3v) is 3.12. The van der Waals surface area contributed by atoms with Gasteiger partial charge in [0.05, 0.1) is 18.8 Å². The van der Waals surface area contributed by atoms with Gasteiger partial charge in [-0.3, -0.25) is 0 Å². The Balaban J connectivity index is 2.11. The van der Waals surface area contributed by atoms with Gasteiger partial charge in [0.1, 0.15) is 0 Å². The maximum Gasteiger partial charge on any atom is 0.0621 e. The van der Waals surface area contributed by atoms with Crippen molar-refractivity contribution in [1.82, 2.24) is 0 Å². The highest BCUT2D eigenvalue weighted by Gasteiger charge is 2.22. The summed E-state index contributed by atoms with van der Waals surface area (Å²) >= 11 is 0. The van der Waals surface area contributed by atoms with E-state index in [9.17, 15) is 0 Å². The van der Waals surface area contributed by atoms with E-state index in [0.29, 0.717) is 12.2 Å². The summed E-state index contributed by atoms with van der Waals surface area (Å²) in [5, 5.41) is 0. The van der Waals surface area contributed by atoms with Crippen LogP contribution in [0.4, 0.5) is 0 Å². The van der Waals surface area contributed by atoms with Gasteiger partial charge in [-0.05, 0) is 25.7 Å². The van der Waals surface area contributed by atoms with E-state index in [0.717, 1.165) is 32.5 Å². The molecule has 0 spiro atoms. The van der Waals surface area contributed by atoms with Crippen LogP contribution in [0.15, 0.2) is 12.7 Å². The molecule has 1 fully saturated rings. The Hall–Kier alpha value is -0.340. The van der Waals surface area contributed by atoms with Gasteiger partial charge in [0.15, 0.2) is 0 Å². The van der Waals surface area contributed by atoms with E-state index in [-0.39, 0.29) is 0 Å². The first-order valence-electron chi connectivity index (χ1n) is 6.71. The maximum absolute atomic E-state index is 5.81. The van der Waals surface area contributed by atoms with Crippen LogP contribution >= 0.6 is 0 Å². The molecule has 2 heteroatoms. The van der Waals surface area contributed by atoms with Gasteiger partial charge in [0.25, 0.3) is 0 Å². The second-order valence-corrected chi connectivity index (χ2v) is 4.58. The molecule has 1 aliphatic rings. The van der Waals surface area contributed by atoms with Crippen molar-refractivity contribution in [3.05, 3.63) is 12.7 Å². The SMILES string of the molecule is C=CCCOC1CCOC(CCCCC)C1. The molecule has 0 aromatic carbocycles. The summed E-state index contributed by atoms with van der Waals surface area (Å²) < 4.78 is 11.6. The maximum atomic E-state index is 5.81. The lowest BCUT2D eigenvalue weighted by Gasteiger charge is -2.29. The zero-order chi connectivity index (χ0) is 11.6. The normalized spacial score (nSPS) is 25.6. The van der Waals surface area contributed by atoms with Crippen LogP contribution in [0.5, 0.6) is 0 Å². The zero-order valence-corrected chi connectivity index (χ0v) is 10.6. The predicted octanol–water partition coefficient (Wildman–Crippen LogP) is 3.71. The van der Waals surface area contributed by atoms with Crippen LogP contribution in [0, 0.1) is 0 Å². The first-order chi connectivity index (χ1) is 7.86. The van der Waals surface area contributed by atoms with Gasteiger partial charge in [-0.25, -0.2) is 0 Å². The van der Waals surface area contributed by atoms with Gasteiger partial charge in [-0.15, -0.1) is 6.58 Å². The van der Waals surface area contributed by atoms with E-state index >= 15 is 0 Å². The summed E-state index contributed by atoms with van der Waals surface area (Å²) in [5.41, 5.74) is 0. The molecule has 0 aromatic rings. The molecule has 1 saturated heterocycles. The molecule has 2 nitrogen and oxygen atoms in total. The Morgan fingerprint density at radius 3 is 3.06 bits per heavy atom. The van der Waals surface area contributed by atoms with E-state index in [2.05, 4.69) is 13.5 Å². The van der Waals surface area contributed by atoms with Crippen LogP contribution < -0.4 is 0 Å². The van der Waals surface area contributed by atoms with Crippen molar-refractivity contribution in [3.63, 3.8) is 0 Å². The Kier molecular flexibility index (Phi) is 7.52. The van der Waals surface area contributed by atoms with Crippen molar-refractivity contribution < 1.29 is 9.47 Å². The molecule has 0 bridgehead atoms. The number of ether oxygens (including phenoxy) is 2. The fourth-order valence-corrected chi connectivity index (χ4v) is 2.14. The van der Waals surface area contributed by atoms with Crippen molar-refractivity contribution in [3.8, 4) is 0 Å². The van der Waals surface area contributed by atoms with Crippen molar-refractivity contribution in [2.24, 2.45) is 0 Å². The number of hydrogen-bond donors (Lipinski definition) is 0. The molecule has 0 aromatic heterocycles. The number of rotatable bonds is 8. The monoisotopic (exact) mass is 226 g/mol. The molecule has 0 aliphatic carbocycles. The molecule has 0 amide bonds. The second kappa shape index (κ2) is 8.77. The molecule has 2 unspecified atom stereocenters.